The molecule has 0 saturated carbocycles. The second kappa shape index (κ2) is 35.7. The zero-order valence-electron chi connectivity index (χ0n) is 64.6. The number of hydrogen-bond acceptors (Lipinski definition) is 8. The average molecular weight is 1780 g/mol. The topological polar surface area (TPSA) is 54.5 Å². The molecule has 0 aliphatic rings. The van der Waals surface area contributed by atoms with Crippen LogP contribution in [0.5, 0.6) is 0 Å². The Kier molecular flexibility index (Phi) is 22.9. The molecular weight excluding hydrogens is 1700 g/mol. The Morgan fingerprint density at radius 2 is 0.496 bits per heavy atom. The van der Waals surface area contributed by atoms with Crippen LogP contribution in [0.3, 0.4) is 0 Å². The number of halogens is 3. The second-order valence-corrected chi connectivity index (χ2v) is 31.5. The van der Waals surface area contributed by atoms with E-state index >= 15 is 0 Å². The van der Waals surface area contributed by atoms with E-state index in [1.165, 1.54) is 3.57 Å². The summed E-state index contributed by atoms with van der Waals surface area (Å²) >= 11 is 9.47. The number of para-hydroxylation sites is 12. The van der Waals surface area contributed by atoms with Crippen LogP contribution in [0.25, 0.3) is 66.1 Å². The van der Waals surface area contributed by atoms with Gasteiger partial charge >= 0.3 is 0 Å². The quantitative estimate of drug-likeness (QED) is 0.0804. The number of nitrogens with zero attached hydrogens (tertiary/aromatic N) is 5. The molecule has 20 rings (SSSR count). The summed E-state index contributed by atoms with van der Waals surface area (Å²) in [4.78, 5) is 11.7. The highest BCUT2D eigenvalue weighted by Gasteiger charge is 2.27. The molecule has 20 aromatic rings. The Labute approximate surface area is 723 Å². The summed E-state index contributed by atoms with van der Waals surface area (Å²) in [7, 11) is 0. The second-order valence-electron chi connectivity index (χ2n) is 28.5. The van der Waals surface area contributed by atoms with Gasteiger partial charge in [0.15, 0.2) is 0 Å². The van der Waals surface area contributed by atoms with E-state index in [-0.39, 0.29) is 0 Å². The van der Waals surface area contributed by atoms with Gasteiger partial charge in [-0.1, -0.05) is 287 Å². The maximum atomic E-state index is 6.42. The van der Waals surface area contributed by atoms with Crippen molar-refractivity contribution >= 4 is 195 Å². The Balaban J connectivity index is 0.000000150. The van der Waals surface area contributed by atoms with Gasteiger partial charge in [-0.2, -0.15) is 0 Å². The van der Waals surface area contributed by atoms with Crippen LogP contribution >= 0.6 is 54.5 Å². The van der Waals surface area contributed by atoms with Crippen molar-refractivity contribution in [2.45, 2.75) is 0 Å². The monoisotopic (exact) mass is 1770 g/mol. The molecule has 18 aromatic carbocycles. The molecule has 0 amide bonds. The molecule has 0 bridgehead atoms. The third-order valence-corrected chi connectivity index (χ3v) is 22.4. The van der Waals surface area contributed by atoms with Crippen LogP contribution < -0.4 is 29.8 Å². The van der Waals surface area contributed by atoms with Gasteiger partial charge in [-0.15, -0.1) is 0 Å². The highest BCUT2D eigenvalue weighted by molar-refractivity contribution is 14.1. The summed E-state index contributed by atoms with van der Waals surface area (Å²) in [5, 5.41) is 8.29. The summed E-state index contributed by atoms with van der Waals surface area (Å²) in [6, 6.07) is 161. The lowest BCUT2D eigenvalue weighted by Gasteiger charge is -2.33. The third kappa shape index (κ3) is 16.8. The summed E-state index contributed by atoms with van der Waals surface area (Å²) in [5.74, 6) is 0. The molecule has 0 atom stereocenters. The highest BCUT2D eigenvalue weighted by atomic mass is 127. The molecule has 0 fully saturated rings. The van der Waals surface area contributed by atoms with Crippen LogP contribution in [0.15, 0.2) is 479 Å². The maximum absolute atomic E-state index is 6.42. The molecular formula is C108H77Br2IN6O2. The first-order valence-electron chi connectivity index (χ1n) is 39.4. The minimum atomic E-state index is 0.861. The Bertz CT molecular complexity index is 6470. The van der Waals surface area contributed by atoms with Crippen LogP contribution in [-0.4, -0.2) is 0 Å². The van der Waals surface area contributed by atoms with Crippen molar-refractivity contribution in [1.29, 1.82) is 0 Å². The molecule has 0 unspecified atom stereocenters. The summed E-state index contributed by atoms with van der Waals surface area (Å²) in [6.45, 7) is 0. The summed E-state index contributed by atoms with van der Waals surface area (Å²) in [5.41, 5.74) is 25.4. The van der Waals surface area contributed by atoms with E-state index in [1.54, 1.807) is 0 Å². The van der Waals surface area contributed by atoms with Crippen molar-refractivity contribution in [3.8, 4) is 22.3 Å². The maximum Gasteiger partial charge on any atom is 0.136 e. The van der Waals surface area contributed by atoms with E-state index in [0.717, 1.165) is 172 Å². The fourth-order valence-electron chi connectivity index (χ4n) is 15.7. The minimum Gasteiger partial charge on any atom is -0.456 e. The van der Waals surface area contributed by atoms with Crippen molar-refractivity contribution < 1.29 is 8.83 Å². The lowest BCUT2D eigenvalue weighted by atomic mass is 9.97. The van der Waals surface area contributed by atoms with Crippen molar-refractivity contribution in [3.63, 3.8) is 0 Å². The number of anilines is 17. The van der Waals surface area contributed by atoms with Crippen molar-refractivity contribution in [2.24, 2.45) is 0 Å². The van der Waals surface area contributed by atoms with E-state index in [2.05, 4.69) is 503 Å². The number of benzene rings is 18. The number of furan rings is 2. The van der Waals surface area contributed by atoms with Gasteiger partial charge in [0.2, 0.25) is 0 Å². The molecule has 0 aliphatic carbocycles. The van der Waals surface area contributed by atoms with E-state index < -0.39 is 0 Å². The van der Waals surface area contributed by atoms with Gasteiger partial charge < -0.3 is 38.7 Å². The van der Waals surface area contributed by atoms with Gasteiger partial charge in [0, 0.05) is 108 Å². The van der Waals surface area contributed by atoms with E-state index in [1.807, 2.05) is 42.5 Å². The standard InChI is InChI=1S/C54H38BrN3O.C48H35N3O.C6H4BrI/c55-39-19-17-28-44(35-39)58(51-32-15-13-29-48(51)49-31-18-34-53-54(49)50-30-14-16-33-52(50)59-53)47-37-45(56(40-20-5-1-6-21-40)41-22-7-2-8-23-41)36-46(38-47)57(42-24-9-3-10-25-42)43-26-11-4-12-27-43;1-5-18-36(19-6-1)50(37-20-7-2-8-21-37)40-32-35(33-41(34-40)51(38-22-9-3-10-23-38)39-24-11-4-12-25-39)49-45-29-15-13-26-42(45)43-28-17-31-47-48(43)44-27-14-16-30-46(44)52-47;7-5-2-1-3-6(8)4-5/h1-38H;1-34,49H;1-4H. The first-order chi connectivity index (χ1) is 58.8. The highest BCUT2D eigenvalue weighted by Crippen LogP contribution is 2.51. The van der Waals surface area contributed by atoms with Crippen LogP contribution in [0, 0.1) is 3.57 Å². The Morgan fingerprint density at radius 3 is 0.874 bits per heavy atom. The molecule has 572 valence electrons. The number of fused-ring (bicyclic) bond motifs is 6. The van der Waals surface area contributed by atoms with Gasteiger partial charge in [-0.05, 0) is 240 Å². The fraction of sp³-hybridized carbons (Fsp3) is 0. The lowest BCUT2D eigenvalue weighted by molar-refractivity contribution is 0.668. The largest absolute Gasteiger partial charge is 0.456 e. The first-order valence-corrected chi connectivity index (χ1v) is 42.1. The van der Waals surface area contributed by atoms with Crippen molar-refractivity contribution in [2.75, 3.05) is 29.8 Å². The predicted molar refractivity (Wildman–Crippen MR) is 516 cm³/mol. The molecule has 2 heterocycles. The Hall–Kier alpha value is -14.0. The molecule has 11 heteroatoms. The van der Waals surface area contributed by atoms with Crippen LogP contribution in [0.1, 0.15) is 0 Å². The lowest BCUT2D eigenvalue weighted by Crippen LogP contribution is -2.16. The molecule has 0 radical (unpaired) electrons. The number of rotatable bonds is 19. The minimum absolute atomic E-state index is 0.861. The van der Waals surface area contributed by atoms with Crippen LogP contribution in [-0.2, 0) is 0 Å². The van der Waals surface area contributed by atoms with Gasteiger partial charge in [-0.25, -0.2) is 0 Å². The van der Waals surface area contributed by atoms with E-state index in [4.69, 9.17) is 8.83 Å². The van der Waals surface area contributed by atoms with E-state index in [9.17, 15) is 0 Å². The van der Waals surface area contributed by atoms with Crippen molar-refractivity contribution in [3.05, 3.63) is 474 Å². The van der Waals surface area contributed by atoms with E-state index in [0.29, 0.717) is 0 Å². The normalized spacial score (nSPS) is 11.0. The van der Waals surface area contributed by atoms with Gasteiger partial charge in [-0.3, -0.25) is 0 Å². The average Bonchev–Trinajstić information content (AvgIpc) is 1.66. The van der Waals surface area contributed by atoms with Crippen LogP contribution in [0.4, 0.5) is 96.7 Å². The van der Waals surface area contributed by atoms with Gasteiger partial charge in [0.1, 0.15) is 22.3 Å². The molecule has 119 heavy (non-hydrogen) atoms. The SMILES string of the molecule is Brc1cccc(I)c1.Brc1cccc(N(c2cc(N(c3ccccc3)c3ccccc3)cc(N(c3ccccc3)c3ccccc3)c2)c2ccccc2-c2cccc3oc4ccccc4c23)c1.c1ccc(N(c2ccccc2)c2cc(Nc3ccccc3-c3cccc4oc5ccccc5c34)cc(N(c3ccccc3)c3ccccc3)c2)cc1. The molecule has 8 nitrogen and oxygen atoms in total. The summed E-state index contributed by atoms with van der Waals surface area (Å²) in [6.07, 6.45) is 0. The Morgan fingerprint density at radius 1 is 0.210 bits per heavy atom. The first kappa shape index (κ1) is 76.3. The third-order valence-electron chi connectivity index (χ3n) is 20.8. The molecule has 1 N–H and O–H groups in total. The number of hydrogen-bond donors (Lipinski definition) is 1. The van der Waals surface area contributed by atoms with Gasteiger partial charge in [0.25, 0.3) is 0 Å². The molecule has 2 aromatic heterocycles. The van der Waals surface area contributed by atoms with Crippen molar-refractivity contribution in [1.82, 2.24) is 0 Å². The molecule has 0 saturated heterocycles. The zero-order valence-corrected chi connectivity index (χ0v) is 69.9. The van der Waals surface area contributed by atoms with Crippen LogP contribution in [0.2, 0.25) is 0 Å². The predicted octanol–water partition coefficient (Wildman–Crippen LogP) is 33.4. The molecule has 0 aliphatic heterocycles. The molecule has 0 spiro atoms. The smallest absolute Gasteiger partial charge is 0.136 e. The summed E-state index contributed by atoms with van der Waals surface area (Å²) < 4.78 is 16.1. The zero-order chi connectivity index (χ0) is 80.2. The number of nitrogens with one attached hydrogen (secondary N) is 1. The fourth-order valence-corrected chi connectivity index (χ4v) is 17.4. The van der Waals surface area contributed by atoms with Gasteiger partial charge in [0.05, 0.1) is 34.1 Å².